The smallest absolute Gasteiger partial charge is 0.261 e. The summed E-state index contributed by atoms with van der Waals surface area (Å²) in [6, 6.07) is 12.8. The molecule has 2 aromatic carbocycles. The molecule has 0 fully saturated rings. The molecule has 3 rings (SSSR count). The fraction of sp³-hybridized carbons (Fsp3) is 0.200. The molecule has 0 saturated heterocycles. The third-order valence-electron chi connectivity index (χ3n) is 4.12. The molecule has 0 atom stereocenters. The van der Waals surface area contributed by atoms with Gasteiger partial charge in [-0.1, -0.05) is 66.5 Å². The summed E-state index contributed by atoms with van der Waals surface area (Å²) in [6.45, 7) is 5.83. The van der Waals surface area contributed by atoms with Crippen LogP contribution in [0, 0.1) is 6.92 Å². The van der Waals surface area contributed by atoms with Crippen molar-refractivity contribution in [3.8, 4) is 11.3 Å². The highest BCUT2D eigenvalue weighted by Gasteiger charge is 2.25. The van der Waals surface area contributed by atoms with E-state index in [-0.39, 0.29) is 11.8 Å². The van der Waals surface area contributed by atoms with Crippen LogP contribution >= 0.6 is 23.2 Å². The predicted molar refractivity (Wildman–Crippen MR) is 105 cm³/mol. The van der Waals surface area contributed by atoms with Crippen LogP contribution in [0.4, 0.5) is 5.69 Å². The molecule has 0 aliphatic carbocycles. The molecule has 0 unspecified atom stereocenters. The van der Waals surface area contributed by atoms with Gasteiger partial charge in [0.05, 0.1) is 10.0 Å². The number of amides is 1. The summed E-state index contributed by atoms with van der Waals surface area (Å²) >= 11 is 12.6. The fourth-order valence-corrected chi connectivity index (χ4v) is 3.41. The number of nitrogens with zero attached hydrogens (tertiary/aromatic N) is 1. The Balaban J connectivity index is 2.04. The number of aryl methyl sites for hydroxylation is 1. The average Bonchev–Trinajstić information content (AvgIpc) is 2.96. The van der Waals surface area contributed by atoms with Gasteiger partial charge in [-0.25, -0.2) is 0 Å². The van der Waals surface area contributed by atoms with Crippen molar-refractivity contribution in [1.29, 1.82) is 0 Å². The molecule has 0 radical (unpaired) electrons. The number of carbonyl (C=O) groups is 1. The normalized spacial score (nSPS) is 11.0. The minimum atomic E-state index is -0.317. The largest absolute Gasteiger partial charge is 0.360 e. The maximum atomic E-state index is 13.0. The van der Waals surface area contributed by atoms with Crippen LogP contribution in [0.5, 0.6) is 0 Å². The number of nitrogens with one attached hydrogen (secondary N) is 1. The zero-order valence-corrected chi connectivity index (χ0v) is 16.2. The molecule has 1 amide bonds. The van der Waals surface area contributed by atoms with Crippen LogP contribution in [0.15, 0.2) is 47.0 Å². The molecule has 1 heterocycles. The molecular weight excluding hydrogens is 371 g/mol. The molecule has 4 nitrogen and oxygen atoms in total. The number of benzene rings is 2. The maximum Gasteiger partial charge on any atom is 0.261 e. The van der Waals surface area contributed by atoms with Gasteiger partial charge in [-0.2, -0.15) is 0 Å². The van der Waals surface area contributed by atoms with Gasteiger partial charge in [0.25, 0.3) is 5.91 Å². The Kier molecular flexibility index (Phi) is 5.35. The zero-order valence-electron chi connectivity index (χ0n) is 14.6. The molecule has 6 heteroatoms. The van der Waals surface area contributed by atoms with Crippen molar-refractivity contribution >= 4 is 34.8 Å². The third-order valence-corrected chi connectivity index (χ3v) is 4.75. The molecule has 3 aromatic rings. The molecule has 1 aromatic heterocycles. The number of anilines is 1. The van der Waals surface area contributed by atoms with E-state index in [0.29, 0.717) is 32.6 Å². The van der Waals surface area contributed by atoms with Crippen molar-refractivity contribution in [2.24, 2.45) is 0 Å². The lowest BCUT2D eigenvalue weighted by Gasteiger charge is -2.14. The Morgan fingerprint density at radius 3 is 2.38 bits per heavy atom. The lowest BCUT2D eigenvalue weighted by Crippen LogP contribution is -2.15. The van der Waals surface area contributed by atoms with E-state index in [2.05, 4.69) is 24.3 Å². The van der Waals surface area contributed by atoms with Gasteiger partial charge < -0.3 is 9.84 Å². The standard InChI is InChI=1S/C20H18Cl2N2O2/c1-11(2)13-7-4-5-10-16(13)23-20(25)17-12(3)26-24-19(17)18-14(21)8-6-9-15(18)22/h4-11H,1-3H3,(H,23,25). The van der Waals surface area contributed by atoms with Crippen molar-refractivity contribution in [3.63, 3.8) is 0 Å². The highest BCUT2D eigenvalue weighted by atomic mass is 35.5. The van der Waals surface area contributed by atoms with Crippen LogP contribution in [-0.4, -0.2) is 11.1 Å². The van der Waals surface area contributed by atoms with E-state index in [1.54, 1.807) is 25.1 Å². The molecule has 0 spiro atoms. The second-order valence-electron chi connectivity index (χ2n) is 6.26. The first-order valence-electron chi connectivity index (χ1n) is 8.21. The van der Waals surface area contributed by atoms with Gasteiger partial charge in [0.1, 0.15) is 17.0 Å². The summed E-state index contributed by atoms with van der Waals surface area (Å²) in [5, 5.41) is 7.79. The fourth-order valence-electron chi connectivity index (χ4n) is 2.83. The van der Waals surface area contributed by atoms with Crippen LogP contribution < -0.4 is 5.32 Å². The first-order valence-corrected chi connectivity index (χ1v) is 8.96. The van der Waals surface area contributed by atoms with E-state index in [0.717, 1.165) is 11.3 Å². The van der Waals surface area contributed by atoms with Gasteiger partial charge in [0, 0.05) is 11.3 Å². The predicted octanol–water partition coefficient (Wildman–Crippen LogP) is 6.33. The lowest BCUT2D eigenvalue weighted by molar-refractivity contribution is 0.102. The third kappa shape index (κ3) is 3.48. The van der Waals surface area contributed by atoms with Crippen LogP contribution in [0.25, 0.3) is 11.3 Å². The van der Waals surface area contributed by atoms with E-state index in [4.69, 9.17) is 27.7 Å². The second-order valence-corrected chi connectivity index (χ2v) is 7.07. The molecule has 26 heavy (non-hydrogen) atoms. The Hall–Kier alpha value is -2.30. The topological polar surface area (TPSA) is 55.1 Å². The van der Waals surface area contributed by atoms with Gasteiger partial charge in [0.2, 0.25) is 0 Å². The lowest BCUT2D eigenvalue weighted by atomic mass is 10.0. The molecule has 0 aliphatic heterocycles. The average molecular weight is 389 g/mol. The summed E-state index contributed by atoms with van der Waals surface area (Å²) in [7, 11) is 0. The monoisotopic (exact) mass is 388 g/mol. The van der Waals surface area contributed by atoms with Gasteiger partial charge in [0.15, 0.2) is 0 Å². The van der Waals surface area contributed by atoms with E-state index < -0.39 is 0 Å². The van der Waals surface area contributed by atoms with E-state index in [9.17, 15) is 4.79 Å². The van der Waals surface area contributed by atoms with E-state index in [1.807, 2.05) is 24.3 Å². The van der Waals surface area contributed by atoms with Crippen LogP contribution in [-0.2, 0) is 0 Å². The first-order chi connectivity index (χ1) is 12.4. The highest BCUT2D eigenvalue weighted by molar-refractivity contribution is 6.39. The highest BCUT2D eigenvalue weighted by Crippen LogP contribution is 2.37. The van der Waals surface area contributed by atoms with Gasteiger partial charge >= 0.3 is 0 Å². The first kappa shape index (κ1) is 18.5. The number of halogens is 2. The Morgan fingerprint density at radius 2 is 1.73 bits per heavy atom. The molecule has 0 saturated carbocycles. The van der Waals surface area contributed by atoms with Crippen LogP contribution in [0.2, 0.25) is 10.0 Å². The number of para-hydroxylation sites is 1. The van der Waals surface area contributed by atoms with Crippen molar-refractivity contribution in [3.05, 3.63) is 69.4 Å². The maximum absolute atomic E-state index is 13.0. The molecular formula is C20H18Cl2N2O2. The van der Waals surface area contributed by atoms with Crippen molar-refractivity contribution in [1.82, 2.24) is 5.16 Å². The number of hydrogen-bond donors (Lipinski definition) is 1. The van der Waals surface area contributed by atoms with Crippen molar-refractivity contribution < 1.29 is 9.32 Å². The quantitative estimate of drug-likeness (QED) is 0.567. The summed E-state index contributed by atoms with van der Waals surface area (Å²) in [6.07, 6.45) is 0. The summed E-state index contributed by atoms with van der Waals surface area (Å²) in [5.74, 6) is 0.353. The minimum Gasteiger partial charge on any atom is -0.360 e. The summed E-state index contributed by atoms with van der Waals surface area (Å²) < 4.78 is 5.27. The minimum absolute atomic E-state index is 0.271. The second kappa shape index (κ2) is 7.52. The van der Waals surface area contributed by atoms with Crippen molar-refractivity contribution in [2.45, 2.75) is 26.7 Å². The van der Waals surface area contributed by atoms with E-state index >= 15 is 0 Å². The van der Waals surface area contributed by atoms with Crippen LogP contribution in [0.1, 0.15) is 41.4 Å². The zero-order chi connectivity index (χ0) is 18.8. The van der Waals surface area contributed by atoms with Crippen LogP contribution in [0.3, 0.4) is 0 Å². The Morgan fingerprint density at radius 1 is 1.08 bits per heavy atom. The molecule has 0 aliphatic rings. The molecule has 134 valence electrons. The van der Waals surface area contributed by atoms with Gasteiger partial charge in [-0.05, 0) is 36.6 Å². The van der Waals surface area contributed by atoms with Gasteiger partial charge in [-0.3, -0.25) is 4.79 Å². The Bertz CT molecular complexity index is 944. The number of rotatable bonds is 4. The number of carbonyl (C=O) groups excluding carboxylic acids is 1. The summed E-state index contributed by atoms with van der Waals surface area (Å²) in [5.41, 5.74) is 2.93. The Labute approximate surface area is 162 Å². The SMILES string of the molecule is Cc1onc(-c2c(Cl)cccc2Cl)c1C(=O)Nc1ccccc1C(C)C. The number of hydrogen-bond acceptors (Lipinski definition) is 3. The molecule has 1 N–H and O–H groups in total. The van der Waals surface area contributed by atoms with E-state index in [1.165, 1.54) is 0 Å². The van der Waals surface area contributed by atoms with Crippen molar-refractivity contribution in [2.75, 3.05) is 5.32 Å². The number of aromatic nitrogens is 1. The van der Waals surface area contributed by atoms with Gasteiger partial charge in [-0.15, -0.1) is 0 Å². The summed E-state index contributed by atoms with van der Waals surface area (Å²) in [4.78, 5) is 13.0. The molecule has 0 bridgehead atoms.